The van der Waals surface area contributed by atoms with Crippen LogP contribution in [0.4, 0.5) is 5.69 Å². The maximum Gasteiger partial charge on any atom is 0.230 e. The van der Waals surface area contributed by atoms with Gasteiger partial charge >= 0.3 is 0 Å². The standard InChI is InChI=1S/C22H34N2O2/c1-3-5-10-20(25)24-19-13-11-18(12-14-19)22(15-8-7-9-16-22)21(26)23-17-6-4-2/h11-14H,3-10,15-17H2,1-2H3,(H,23,26)(H,24,25). The Morgan fingerprint density at radius 3 is 2.23 bits per heavy atom. The SMILES string of the molecule is CCCCNC(=O)C1(c2ccc(NC(=O)CCCC)cc2)CCCCC1. The largest absolute Gasteiger partial charge is 0.355 e. The Labute approximate surface area is 158 Å². The first-order valence-electron chi connectivity index (χ1n) is 10.3. The molecule has 0 bridgehead atoms. The third-order valence-corrected chi connectivity index (χ3v) is 5.44. The van der Waals surface area contributed by atoms with E-state index < -0.39 is 5.41 Å². The Morgan fingerprint density at radius 2 is 1.62 bits per heavy atom. The van der Waals surface area contributed by atoms with Crippen LogP contribution in [0.25, 0.3) is 0 Å². The Hall–Kier alpha value is -1.84. The number of carbonyl (C=O) groups is 2. The molecule has 0 spiro atoms. The van der Waals surface area contributed by atoms with E-state index in [1.165, 1.54) is 6.42 Å². The van der Waals surface area contributed by atoms with Crippen LogP contribution in [-0.4, -0.2) is 18.4 Å². The lowest BCUT2D eigenvalue weighted by molar-refractivity contribution is -0.128. The summed E-state index contributed by atoms with van der Waals surface area (Å²) in [6.07, 6.45) is 9.79. The predicted molar refractivity (Wildman–Crippen MR) is 107 cm³/mol. The lowest BCUT2D eigenvalue weighted by atomic mass is 9.68. The lowest BCUT2D eigenvalue weighted by Gasteiger charge is -2.36. The summed E-state index contributed by atoms with van der Waals surface area (Å²) in [6.45, 7) is 4.97. The molecule has 1 aliphatic carbocycles. The van der Waals surface area contributed by atoms with Gasteiger partial charge in [-0.1, -0.05) is 58.1 Å². The molecule has 0 radical (unpaired) electrons. The predicted octanol–water partition coefficient (Wildman–Crippen LogP) is 4.93. The lowest BCUT2D eigenvalue weighted by Crippen LogP contribution is -2.46. The summed E-state index contributed by atoms with van der Waals surface area (Å²) < 4.78 is 0. The van der Waals surface area contributed by atoms with Gasteiger partial charge in [0.25, 0.3) is 0 Å². The highest BCUT2D eigenvalue weighted by atomic mass is 16.2. The van der Waals surface area contributed by atoms with Crippen LogP contribution < -0.4 is 10.6 Å². The summed E-state index contributed by atoms with van der Waals surface area (Å²) in [7, 11) is 0. The molecule has 0 aliphatic heterocycles. The molecule has 2 N–H and O–H groups in total. The van der Waals surface area contributed by atoms with Gasteiger partial charge in [-0.15, -0.1) is 0 Å². The average Bonchev–Trinajstić information content (AvgIpc) is 2.67. The highest BCUT2D eigenvalue weighted by molar-refractivity contribution is 5.91. The number of carbonyl (C=O) groups excluding carboxylic acids is 2. The highest BCUT2D eigenvalue weighted by Gasteiger charge is 2.40. The van der Waals surface area contributed by atoms with E-state index in [1.54, 1.807) is 0 Å². The topological polar surface area (TPSA) is 58.2 Å². The molecule has 0 heterocycles. The smallest absolute Gasteiger partial charge is 0.230 e. The molecule has 0 atom stereocenters. The summed E-state index contributed by atoms with van der Waals surface area (Å²) >= 11 is 0. The molecule has 0 unspecified atom stereocenters. The van der Waals surface area contributed by atoms with E-state index >= 15 is 0 Å². The normalized spacial score (nSPS) is 16.1. The van der Waals surface area contributed by atoms with Crippen LogP contribution in [0.5, 0.6) is 0 Å². The van der Waals surface area contributed by atoms with Gasteiger partial charge in [0.1, 0.15) is 0 Å². The molecule has 0 aromatic heterocycles. The average molecular weight is 359 g/mol. The first-order chi connectivity index (χ1) is 12.6. The second-order valence-electron chi connectivity index (χ2n) is 7.48. The van der Waals surface area contributed by atoms with E-state index in [9.17, 15) is 9.59 Å². The fourth-order valence-corrected chi connectivity index (χ4v) is 3.78. The van der Waals surface area contributed by atoms with Crippen LogP contribution in [-0.2, 0) is 15.0 Å². The van der Waals surface area contributed by atoms with Crippen molar-refractivity contribution in [2.75, 3.05) is 11.9 Å². The summed E-state index contributed by atoms with van der Waals surface area (Å²) in [5.74, 6) is 0.231. The molecule has 144 valence electrons. The number of rotatable bonds is 9. The molecule has 1 aromatic rings. The highest BCUT2D eigenvalue weighted by Crippen LogP contribution is 2.40. The van der Waals surface area contributed by atoms with Crippen LogP contribution in [0.1, 0.15) is 83.6 Å². The van der Waals surface area contributed by atoms with Crippen LogP contribution in [0.3, 0.4) is 0 Å². The molecule has 1 fully saturated rings. The van der Waals surface area contributed by atoms with Crippen molar-refractivity contribution < 1.29 is 9.59 Å². The first kappa shape index (κ1) is 20.5. The van der Waals surface area contributed by atoms with Crippen molar-refractivity contribution in [3.05, 3.63) is 29.8 Å². The summed E-state index contributed by atoms with van der Waals surface area (Å²) in [5.41, 5.74) is 1.49. The quantitative estimate of drug-likeness (QED) is 0.615. The Kier molecular flexibility index (Phi) is 8.14. The zero-order valence-electron chi connectivity index (χ0n) is 16.4. The maximum absolute atomic E-state index is 13.0. The number of anilines is 1. The van der Waals surface area contributed by atoms with E-state index in [-0.39, 0.29) is 11.8 Å². The van der Waals surface area contributed by atoms with Gasteiger partial charge < -0.3 is 10.6 Å². The van der Waals surface area contributed by atoms with Gasteiger partial charge in [-0.3, -0.25) is 9.59 Å². The van der Waals surface area contributed by atoms with Gasteiger partial charge in [-0.25, -0.2) is 0 Å². The van der Waals surface area contributed by atoms with Crippen molar-refractivity contribution in [2.45, 2.75) is 83.5 Å². The van der Waals surface area contributed by atoms with Gasteiger partial charge in [-0.2, -0.15) is 0 Å². The van der Waals surface area contributed by atoms with Gasteiger partial charge in [0.05, 0.1) is 5.41 Å². The maximum atomic E-state index is 13.0. The molecule has 1 aromatic carbocycles. The third-order valence-electron chi connectivity index (χ3n) is 5.44. The molecule has 0 saturated heterocycles. The molecule has 1 saturated carbocycles. The minimum absolute atomic E-state index is 0.0595. The number of nitrogens with one attached hydrogen (secondary N) is 2. The van der Waals surface area contributed by atoms with Crippen molar-refractivity contribution in [1.82, 2.24) is 5.32 Å². The zero-order chi connectivity index (χ0) is 18.8. The third kappa shape index (κ3) is 5.33. The number of amides is 2. The van der Waals surface area contributed by atoms with Crippen molar-refractivity contribution in [3.8, 4) is 0 Å². The fraction of sp³-hybridized carbons (Fsp3) is 0.636. The number of unbranched alkanes of at least 4 members (excludes halogenated alkanes) is 2. The van der Waals surface area contributed by atoms with Crippen molar-refractivity contribution in [1.29, 1.82) is 0 Å². The van der Waals surface area contributed by atoms with Gasteiger partial charge in [0.15, 0.2) is 0 Å². The second kappa shape index (κ2) is 10.3. The summed E-state index contributed by atoms with van der Waals surface area (Å²) in [4.78, 5) is 24.9. The molecular weight excluding hydrogens is 324 g/mol. The van der Waals surface area contributed by atoms with Crippen LogP contribution in [0, 0.1) is 0 Å². The fourth-order valence-electron chi connectivity index (χ4n) is 3.78. The van der Waals surface area contributed by atoms with E-state index in [4.69, 9.17) is 0 Å². The van der Waals surface area contributed by atoms with Crippen molar-refractivity contribution >= 4 is 17.5 Å². The second-order valence-corrected chi connectivity index (χ2v) is 7.48. The molecule has 4 nitrogen and oxygen atoms in total. The van der Waals surface area contributed by atoms with Gasteiger partial charge in [0.2, 0.25) is 11.8 Å². The Bertz CT molecular complexity index is 574. The van der Waals surface area contributed by atoms with E-state index in [2.05, 4.69) is 24.5 Å². The molecule has 26 heavy (non-hydrogen) atoms. The minimum atomic E-state index is -0.406. The van der Waals surface area contributed by atoms with Gasteiger partial charge in [-0.05, 0) is 43.4 Å². The first-order valence-corrected chi connectivity index (χ1v) is 10.3. The minimum Gasteiger partial charge on any atom is -0.355 e. The van der Waals surface area contributed by atoms with Gasteiger partial charge in [0, 0.05) is 18.7 Å². The summed E-state index contributed by atoms with van der Waals surface area (Å²) in [6, 6.07) is 7.93. The summed E-state index contributed by atoms with van der Waals surface area (Å²) in [5, 5.41) is 6.10. The molecule has 2 rings (SSSR count). The van der Waals surface area contributed by atoms with Crippen LogP contribution in [0.2, 0.25) is 0 Å². The molecule has 4 heteroatoms. The number of hydrogen-bond acceptors (Lipinski definition) is 2. The van der Waals surface area contributed by atoms with Crippen molar-refractivity contribution in [2.24, 2.45) is 0 Å². The molecule has 2 amide bonds. The Balaban J connectivity index is 2.10. The number of hydrogen-bond donors (Lipinski definition) is 2. The van der Waals surface area contributed by atoms with E-state index in [1.807, 2.05) is 24.3 Å². The zero-order valence-corrected chi connectivity index (χ0v) is 16.4. The molecule has 1 aliphatic rings. The van der Waals surface area contributed by atoms with E-state index in [0.717, 1.165) is 69.2 Å². The van der Waals surface area contributed by atoms with Crippen LogP contribution in [0.15, 0.2) is 24.3 Å². The van der Waals surface area contributed by atoms with Crippen molar-refractivity contribution in [3.63, 3.8) is 0 Å². The molecular formula is C22H34N2O2. The van der Waals surface area contributed by atoms with Crippen LogP contribution >= 0.6 is 0 Å². The number of benzene rings is 1. The Morgan fingerprint density at radius 1 is 0.962 bits per heavy atom. The van der Waals surface area contributed by atoms with E-state index in [0.29, 0.717) is 6.42 Å². The monoisotopic (exact) mass is 358 g/mol.